The van der Waals surface area contributed by atoms with Crippen LogP contribution in [0.25, 0.3) is 0 Å². The maximum Gasteiger partial charge on any atom is 0.191 e. The van der Waals surface area contributed by atoms with E-state index in [4.69, 9.17) is 0 Å². The summed E-state index contributed by atoms with van der Waals surface area (Å²) in [7, 11) is 1.81. The SMILES string of the molecule is CCn1cnnc1CNC(=NC)NC1CCN(Cc2ccccc2)CC1. The van der Waals surface area contributed by atoms with Crippen LogP contribution in [0.1, 0.15) is 31.2 Å². The molecule has 2 N–H and O–H groups in total. The molecular formula is C19H29N7. The van der Waals surface area contributed by atoms with Crippen LogP contribution in [0.5, 0.6) is 0 Å². The van der Waals surface area contributed by atoms with Gasteiger partial charge in [-0.3, -0.25) is 9.89 Å². The lowest BCUT2D eigenvalue weighted by Crippen LogP contribution is -2.48. The van der Waals surface area contributed by atoms with Crippen molar-refractivity contribution in [2.24, 2.45) is 4.99 Å². The van der Waals surface area contributed by atoms with Gasteiger partial charge in [-0.25, -0.2) is 0 Å². The predicted molar refractivity (Wildman–Crippen MR) is 104 cm³/mol. The summed E-state index contributed by atoms with van der Waals surface area (Å²) in [5, 5.41) is 15.0. The maximum absolute atomic E-state index is 4.35. The number of aliphatic imine (C=N–C) groups is 1. The van der Waals surface area contributed by atoms with Crippen molar-refractivity contribution in [3.8, 4) is 0 Å². The van der Waals surface area contributed by atoms with Crippen LogP contribution in [0.15, 0.2) is 41.7 Å². The van der Waals surface area contributed by atoms with Crippen molar-refractivity contribution in [3.63, 3.8) is 0 Å². The summed E-state index contributed by atoms with van der Waals surface area (Å²) in [6, 6.07) is 11.1. The Bertz CT molecular complexity index is 687. The molecule has 0 saturated carbocycles. The Morgan fingerprint density at radius 3 is 2.69 bits per heavy atom. The van der Waals surface area contributed by atoms with Gasteiger partial charge in [-0.15, -0.1) is 10.2 Å². The van der Waals surface area contributed by atoms with Crippen LogP contribution in [0.2, 0.25) is 0 Å². The predicted octanol–water partition coefficient (Wildman–Crippen LogP) is 1.63. The molecule has 1 aromatic carbocycles. The molecule has 0 bridgehead atoms. The molecule has 1 aliphatic heterocycles. The summed E-state index contributed by atoms with van der Waals surface area (Å²) in [5.74, 6) is 1.75. The van der Waals surface area contributed by atoms with Crippen LogP contribution in [-0.4, -0.2) is 51.8 Å². The fourth-order valence-corrected chi connectivity index (χ4v) is 3.31. The van der Waals surface area contributed by atoms with Gasteiger partial charge in [0.1, 0.15) is 6.33 Å². The number of guanidine groups is 1. The summed E-state index contributed by atoms with van der Waals surface area (Å²) in [6.07, 6.45) is 4.01. The first-order valence-corrected chi connectivity index (χ1v) is 9.38. The Hall–Kier alpha value is -2.41. The third-order valence-electron chi connectivity index (χ3n) is 4.85. The van der Waals surface area contributed by atoms with Crippen molar-refractivity contribution in [3.05, 3.63) is 48.0 Å². The highest BCUT2D eigenvalue weighted by atomic mass is 15.3. The number of rotatable bonds is 6. The molecule has 1 saturated heterocycles. The summed E-state index contributed by atoms with van der Waals surface area (Å²) in [4.78, 5) is 6.87. The van der Waals surface area contributed by atoms with Crippen LogP contribution in [0, 0.1) is 0 Å². The zero-order valence-electron chi connectivity index (χ0n) is 15.7. The maximum atomic E-state index is 4.35. The number of aromatic nitrogens is 3. The van der Waals surface area contributed by atoms with E-state index >= 15 is 0 Å². The van der Waals surface area contributed by atoms with E-state index in [9.17, 15) is 0 Å². The molecule has 0 radical (unpaired) electrons. The minimum absolute atomic E-state index is 0.456. The molecule has 2 heterocycles. The summed E-state index contributed by atoms with van der Waals surface area (Å²) in [6.45, 7) is 6.83. The molecule has 0 spiro atoms. The fraction of sp³-hybridized carbons (Fsp3) is 0.526. The molecule has 0 aliphatic carbocycles. The van der Waals surface area contributed by atoms with Crippen molar-refractivity contribution in [2.45, 2.75) is 45.4 Å². The molecule has 26 heavy (non-hydrogen) atoms. The van der Waals surface area contributed by atoms with Crippen molar-refractivity contribution >= 4 is 5.96 Å². The number of aryl methyl sites for hydroxylation is 1. The molecule has 1 aliphatic rings. The molecule has 2 aromatic rings. The number of nitrogens with zero attached hydrogens (tertiary/aromatic N) is 5. The minimum atomic E-state index is 0.456. The molecule has 7 nitrogen and oxygen atoms in total. The molecule has 1 fully saturated rings. The number of hydrogen-bond donors (Lipinski definition) is 2. The number of hydrogen-bond acceptors (Lipinski definition) is 4. The van der Waals surface area contributed by atoms with Gasteiger partial charge in [0.15, 0.2) is 11.8 Å². The van der Waals surface area contributed by atoms with Crippen LogP contribution in [0.4, 0.5) is 0 Å². The van der Waals surface area contributed by atoms with E-state index in [1.807, 2.05) is 11.6 Å². The lowest BCUT2D eigenvalue weighted by atomic mass is 10.0. The zero-order valence-corrected chi connectivity index (χ0v) is 15.7. The highest BCUT2D eigenvalue weighted by Crippen LogP contribution is 2.13. The molecular weight excluding hydrogens is 326 g/mol. The van der Waals surface area contributed by atoms with Gasteiger partial charge < -0.3 is 15.2 Å². The quantitative estimate of drug-likeness (QED) is 0.609. The number of benzene rings is 1. The van der Waals surface area contributed by atoms with Gasteiger partial charge in [-0.1, -0.05) is 30.3 Å². The summed E-state index contributed by atoms with van der Waals surface area (Å²) in [5.41, 5.74) is 1.39. The van der Waals surface area contributed by atoms with E-state index in [2.05, 4.69) is 68.0 Å². The second kappa shape index (κ2) is 9.33. The zero-order chi connectivity index (χ0) is 18.2. The molecule has 140 valence electrons. The topological polar surface area (TPSA) is 70.4 Å². The van der Waals surface area contributed by atoms with Gasteiger partial charge in [0.25, 0.3) is 0 Å². The van der Waals surface area contributed by atoms with E-state index < -0.39 is 0 Å². The normalized spacial score (nSPS) is 16.6. The van der Waals surface area contributed by atoms with Crippen molar-refractivity contribution in [2.75, 3.05) is 20.1 Å². The number of nitrogens with one attached hydrogen (secondary N) is 2. The first kappa shape index (κ1) is 18.4. The highest BCUT2D eigenvalue weighted by molar-refractivity contribution is 5.79. The largest absolute Gasteiger partial charge is 0.354 e. The van der Waals surface area contributed by atoms with Crippen molar-refractivity contribution in [1.82, 2.24) is 30.3 Å². The fourth-order valence-electron chi connectivity index (χ4n) is 3.31. The molecule has 0 unspecified atom stereocenters. The van der Waals surface area contributed by atoms with E-state index in [1.165, 1.54) is 5.56 Å². The number of likely N-dealkylation sites (tertiary alicyclic amines) is 1. The average Bonchev–Trinajstić information content (AvgIpc) is 3.15. The Morgan fingerprint density at radius 1 is 1.23 bits per heavy atom. The second-order valence-corrected chi connectivity index (χ2v) is 6.64. The van der Waals surface area contributed by atoms with Gasteiger partial charge in [0, 0.05) is 39.3 Å². The highest BCUT2D eigenvalue weighted by Gasteiger charge is 2.20. The van der Waals surface area contributed by atoms with Crippen LogP contribution >= 0.6 is 0 Å². The van der Waals surface area contributed by atoms with E-state index in [1.54, 1.807) is 6.33 Å². The molecule has 0 atom stereocenters. The van der Waals surface area contributed by atoms with Crippen LogP contribution < -0.4 is 10.6 Å². The van der Waals surface area contributed by atoms with Crippen LogP contribution in [-0.2, 0) is 19.6 Å². The van der Waals surface area contributed by atoms with E-state index in [0.29, 0.717) is 12.6 Å². The van der Waals surface area contributed by atoms with Crippen molar-refractivity contribution < 1.29 is 0 Å². The second-order valence-electron chi connectivity index (χ2n) is 6.64. The van der Waals surface area contributed by atoms with E-state index in [0.717, 1.165) is 50.8 Å². The summed E-state index contributed by atoms with van der Waals surface area (Å²) < 4.78 is 2.03. The van der Waals surface area contributed by atoms with Crippen molar-refractivity contribution in [1.29, 1.82) is 0 Å². The lowest BCUT2D eigenvalue weighted by molar-refractivity contribution is 0.198. The Labute approximate surface area is 155 Å². The first-order valence-electron chi connectivity index (χ1n) is 9.38. The van der Waals surface area contributed by atoms with Crippen LogP contribution in [0.3, 0.4) is 0 Å². The third-order valence-corrected chi connectivity index (χ3v) is 4.85. The first-order chi connectivity index (χ1) is 12.8. The minimum Gasteiger partial charge on any atom is -0.354 e. The monoisotopic (exact) mass is 355 g/mol. The molecule has 7 heteroatoms. The number of piperidine rings is 1. The Balaban J connectivity index is 1.42. The third kappa shape index (κ3) is 5.05. The molecule has 0 amide bonds. The Kier molecular flexibility index (Phi) is 6.60. The van der Waals surface area contributed by atoms with Gasteiger partial charge in [-0.2, -0.15) is 0 Å². The Morgan fingerprint density at radius 2 is 2.00 bits per heavy atom. The van der Waals surface area contributed by atoms with E-state index in [-0.39, 0.29) is 0 Å². The van der Waals surface area contributed by atoms with Gasteiger partial charge in [-0.05, 0) is 25.3 Å². The van der Waals surface area contributed by atoms with Gasteiger partial charge >= 0.3 is 0 Å². The molecule has 3 rings (SSSR count). The smallest absolute Gasteiger partial charge is 0.191 e. The van der Waals surface area contributed by atoms with Gasteiger partial charge in [0.05, 0.1) is 6.54 Å². The molecule has 1 aromatic heterocycles. The standard InChI is InChI=1S/C19H29N7/c1-3-26-15-22-24-18(26)13-21-19(20-2)23-17-9-11-25(12-10-17)14-16-7-5-4-6-8-16/h4-8,15,17H,3,9-14H2,1-2H3,(H2,20,21,23). The lowest BCUT2D eigenvalue weighted by Gasteiger charge is -2.33. The van der Waals surface area contributed by atoms with Gasteiger partial charge in [0.2, 0.25) is 0 Å². The average molecular weight is 355 g/mol. The summed E-state index contributed by atoms with van der Waals surface area (Å²) >= 11 is 0.